The van der Waals surface area contributed by atoms with Crippen molar-refractivity contribution in [1.29, 1.82) is 0 Å². The maximum Gasteiger partial charge on any atom is 0.293 e. The third kappa shape index (κ3) is 25.6. The molecule has 10 aromatic heterocycles. The number of benzene rings is 5. The molecule has 0 radical (unpaired) electrons. The smallest absolute Gasteiger partial charge is 0.293 e. The van der Waals surface area contributed by atoms with Crippen molar-refractivity contribution in [2.75, 3.05) is 72.3 Å². The Morgan fingerprint density at radius 1 is 0.420 bits per heavy atom. The van der Waals surface area contributed by atoms with Crippen LogP contribution in [0.1, 0.15) is 94.1 Å². The Bertz CT molecular complexity index is 6690. The van der Waals surface area contributed by atoms with Crippen molar-refractivity contribution in [3.63, 3.8) is 0 Å². The molecule has 0 aliphatic heterocycles. The summed E-state index contributed by atoms with van der Waals surface area (Å²) in [5.41, 5.74) is 16.1. The van der Waals surface area contributed by atoms with E-state index < -0.39 is 46.5 Å². The second-order valence-corrected chi connectivity index (χ2v) is 34.8. The fraction of sp³-hybridized carbons (Fsp3) is 0.207. The highest BCUT2D eigenvalue weighted by molar-refractivity contribution is 14.1. The van der Waals surface area contributed by atoms with Crippen LogP contribution in [0.15, 0.2) is 199 Å². The average Bonchev–Trinajstić information content (AvgIpc) is 1.59. The average molecular weight is 2310 g/mol. The molecule has 0 saturated carbocycles. The van der Waals surface area contributed by atoms with E-state index in [-0.39, 0.29) is 143 Å². The van der Waals surface area contributed by atoms with Gasteiger partial charge in [0, 0.05) is 93.3 Å². The number of aromatic amines is 1. The lowest BCUT2D eigenvalue weighted by atomic mass is 9.92. The Balaban J connectivity index is 0.000000158. The number of halogens is 11. The number of fused-ring (bicyclic) bond motifs is 5. The third-order valence-electron chi connectivity index (χ3n) is 19.3. The summed E-state index contributed by atoms with van der Waals surface area (Å²) >= 11 is 22.2. The van der Waals surface area contributed by atoms with Crippen LogP contribution in [0.4, 0.5) is 22.0 Å². The lowest BCUT2D eigenvalue weighted by molar-refractivity contribution is 0.0158. The molecule has 11 N–H and O–H groups in total. The van der Waals surface area contributed by atoms with Gasteiger partial charge in [-0.05, 0) is 214 Å². The molecule has 5 amide bonds. The van der Waals surface area contributed by atoms with Crippen LogP contribution in [0.5, 0.6) is 0 Å². The quantitative estimate of drug-likeness (QED) is 0.00632. The van der Waals surface area contributed by atoms with Gasteiger partial charge in [-0.2, -0.15) is 5.10 Å². The number of thioether (sulfide) groups is 1. The first-order chi connectivity index (χ1) is 63.0. The van der Waals surface area contributed by atoms with Crippen LogP contribution in [-0.4, -0.2) is 180 Å². The van der Waals surface area contributed by atoms with Crippen LogP contribution in [0.2, 0.25) is 10.0 Å². The van der Waals surface area contributed by atoms with E-state index in [1.807, 2.05) is 100 Å². The van der Waals surface area contributed by atoms with Crippen molar-refractivity contribution in [3.8, 4) is 0 Å². The van der Waals surface area contributed by atoms with E-state index in [4.69, 9.17) is 72.9 Å². The Morgan fingerprint density at radius 3 is 1.27 bits per heavy atom. The Hall–Kier alpha value is -10.3. The van der Waals surface area contributed by atoms with Crippen LogP contribution in [-0.2, 0) is 55.9 Å². The molecule has 5 aromatic carbocycles. The summed E-state index contributed by atoms with van der Waals surface area (Å²) < 4.78 is 83.2. The van der Waals surface area contributed by atoms with E-state index >= 15 is 0 Å². The second kappa shape index (κ2) is 48.4. The molecule has 0 bridgehead atoms. The number of aliphatic hydroxyl groups excluding tert-OH is 5. The van der Waals surface area contributed by atoms with Gasteiger partial charge in [0.25, 0.3) is 35.1 Å². The molecular weight excluding hydrogens is 2230 g/mol. The Morgan fingerprint density at radius 2 is 0.794 bits per heavy atom. The number of hydrogen-bond donors (Lipinski definition) is 11. The summed E-state index contributed by atoms with van der Waals surface area (Å²) in [5.74, 6) is -4.54. The molecule has 0 spiro atoms. The molecule has 131 heavy (non-hydrogen) atoms. The van der Waals surface area contributed by atoms with E-state index in [9.17, 15) is 50.7 Å². The minimum atomic E-state index is -0.872. The number of H-pyrrole nitrogens is 1. The molecule has 15 rings (SSSR count). The highest BCUT2D eigenvalue weighted by Gasteiger charge is 2.33. The molecule has 10 heterocycles. The van der Waals surface area contributed by atoms with Gasteiger partial charge in [-0.3, -0.25) is 72.9 Å². The molecule has 686 valence electrons. The molecule has 15 aromatic rings. The number of nitrogens with zero attached hydrogens (tertiary/aromatic N) is 10. The highest BCUT2D eigenvalue weighted by atomic mass is 127. The molecule has 0 fully saturated rings. The van der Waals surface area contributed by atoms with Crippen molar-refractivity contribution >= 4 is 209 Å². The monoisotopic (exact) mass is 2310 g/mol. The predicted octanol–water partition coefficient (Wildman–Crippen LogP) is 13.3. The number of pyridine rings is 4. The maximum atomic E-state index is 14.7. The van der Waals surface area contributed by atoms with Crippen molar-refractivity contribution in [2.45, 2.75) is 50.5 Å². The molecule has 0 aliphatic rings. The fourth-order valence-electron chi connectivity index (χ4n) is 13.4. The van der Waals surface area contributed by atoms with Gasteiger partial charge in [0.15, 0.2) is 0 Å². The lowest BCUT2D eigenvalue weighted by Crippen LogP contribution is -2.35. The largest absolute Gasteiger partial charge is 0.394 e. The van der Waals surface area contributed by atoms with Crippen LogP contribution < -0.4 is 33.0 Å². The molecular formula is C87H79Cl2F5I4N16O16S. The van der Waals surface area contributed by atoms with Crippen LogP contribution in [0, 0.1) is 43.4 Å². The van der Waals surface area contributed by atoms with Gasteiger partial charge in [-0.25, -0.2) is 54.5 Å². The summed E-state index contributed by atoms with van der Waals surface area (Å²) in [4.78, 5) is 116. The molecule has 0 saturated heterocycles. The standard InChI is InChI=1S/C19H19FIN3O3.C18H18FN3O3S.2C17H14ClFIN3O3.C16H14FIN4O4/c1-19(2,14-4-3-13(21)10-15(14)20)24-16(18(26)23-27-8-7-25)9-12-5-6-22-11-17(12)24;1-26-14-3-2-13(15(19)9-14)11-22-16(18(24)21-25-7-6-23)8-12-4-5-20-10-17(12)22;18-13-7-21-8-16-12(13)6-15(17(25)22-26-4-3-24)23(16)9-10-1-2-11(20)5-14(10)19;18-15-12-3-4-21-8-14(12)23(16(15)17(25)22-26-6-5-24)9-10-1-2-11(20)7-13(10)19;17-12-5-10(18)2-1-9(12)8-22-13(16(25)21-26-4-3-23)6-11-14(22)7-19-20-15(11)24/h3-6,9-11,25H,7-8H2,1-2H3,(H,23,26);2-5,8-10,23H,6-7,11H2,1H3,(H,21,24);1-2,5-8,24H,3-4,9H2,(H,22,25);1-4,7-8,24H,5-6,9H2,(H,22,25);1-2,5-7,23H,3-4,8H2,(H,20,24)(H,21,25). The van der Waals surface area contributed by atoms with Gasteiger partial charge < -0.3 is 48.4 Å². The first-order valence-corrected chi connectivity index (χ1v) is 45.3. The zero-order chi connectivity index (χ0) is 94.2. The van der Waals surface area contributed by atoms with Gasteiger partial charge in [-0.15, -0.1) is 11.8 Å². The van der Waals surface area contributed by atoms with Gasteiger partial charge in [0.1, 0.15) is 57.6 Å². The molecule has 44 heteroatoms. The van der Waals surface area contributed by atoms with Gasteiger partial charge >= 0.3 is 0 Å². The lowest BCUT2D eigenvalue weighted by Gasteiger charge is -2.31. The number of hydrogen-bond acceptors (Lipinski definition) is 22. The van der Waals surface area contributed by atoms with Crippen molar-refractivity contribution in [2.24, 2.45) is 0 Å². The minimum absolute atomic E-state index is 0.0156. The topological polar surface area (TPSA) is 415 Å². The number of aromatic nitrogens is 11. The minimum Gasteiger partial charge on any atom is -0.394 e. The van der Waals surface area contributed by atoms with E-state index in [1.165, 1.54) is 65.1 Å². The van der Waals surface area contributed by atoms with Crippen molar-refractivity contribution in [1.82, 2.24) is 80.4 Å². The van der Waals surface area contributed by atoms with Gasteiger partial charge in [0.05, 0.1) is 172 Å². The van der Waals surface area contributed by atoms with Crippen molar-refractivity contribution < 1.29 is 95.6 Å². The van der Waals surface area contributed by atoms with E-state index in [0.717, 1.165) is 29.9 Å². The number of carbonyl (C=O) groups excluding carboxylic acids is 5. The SMILES string of the molecule is CC(C)(c1ccc(I)cc1F)n1c(C(=O)NOCCO)cc2ccncc21.CSc1ccc(Cn2c(C(=O)NOCCO)cc3ccncc32)c(F)c1.O=C(NOCCO)c1c(Cl)c2ccncc2n1Cc1ccc(I)cc1F.O=C(NOCCO)c1cc2c(=O)[nH]ncc2n1Cc1ccc(I)cc1F.O=C(NOCCO)c1cc2c(Cl)cncc2n1Cc1ccc(I)cc1F. The number of aliphatic hydroxyl groups is 5. The fourth-order valence-corrected chi connectivity index (χ4v) is 16.1. The Labute approximate surface area is 810 Å². The van der Waals surface area contributed by atoms with Crippen LogP contribution in [0.25, 0.3) is 54.5 Å². The van der Waals surface area contributed by atoms with Gasteiger partial charge in [-0.1, -0.05) is 53.5 Å². The Kier molecular flexibility index (Phi) is 37.4. The van der Waals surface area contributed by atoms with E-state index in [0.29, 0.717) is 82.6 Å². The summed E-state index contributed by atoms with van der Waals surface area (Å²) in [6, 6.07) is 36.2. The normalized spacial score (nSPS) is 11.2. The predicted molar refractivity (Wildman–Crippen MR) is 511 cm³/mol. The molecule has 0 unspecified atom stereocenters. The second-order valence-electron chi connectivity index (χ2n) is 28.1. The summed E-state index contributed by atoms with van der Waals surface area (Å²) in [6.07, 6.45) is 16.0. The van der Waals surface area contributed by atoms with Crippen LogP contribution in [0.3, 0.4) is 0 Å². The summed E-state index contributed by atoms with van der Waals surface area (Å²) in [7, 11) is 0. The maximum absolute atomic E-state index is 14.7. The number of nitrogens with one attached hydrogen (secondary N) is 6. The first kappa shape index (κ1) is 101. The third-order valence-corrected chi connectivity index (χ3v) is 23.4. The number of amides is 5. The van der Waals surface area contributed by atoms with Gasteiger partial charge in [0.2, 0.25) is 0 Å². The summed E-state index contributed by atoms with van der Waals surface area (Å²) in [6.45, 7) is 2.73. The first-order valence-electron chi connectivity index (χ1n) is 39.0. The van der Waals surface area contributed by atoms with E-state index in [1.54, 1.807) is 147 Å². The highest BCUT2D eigenvalue weighted by Crippen LogP contribution is 2.37. The molecule has 0 aliphatic carbocycles. The van der Waals surface area contributed by atoms with E-state index in [2.05, 4.69) is 80.1 Å². The molecule has 0 atom stereocenters. The number of rotatable bonds is 31. The van der Waals surface area contributed by atoms with Crippen molar-refractivity contribution in [3.05, 3.63) is 309 Å². The number of hydroxylamine groups is 5. The number of carbonyl (C=O) groups is 5. The molecule has 32 nitrogen and oxygen atoms in total. The van der Waals surface area contributed by atoms with Crippen LogP contribution >= 0.6 is 125 Å². The summed E-state index contributed by atoms with van der Waals surface area (Å²) in [5, 5.41) is 53.6. The zero-order valence-electron chi connectivity index (χ0n) is 69.1. The zero-order valence-corrected chi connectivity index (χ0v) is 80.0.